The fraction of sp³-hybridized carbons (Fsp3) is 0.158. The van der Waals surface area contributed by atoms with Gasteiger partial charge in [-0.2, -0.15) is 10.1 Å². The Labute approximate surface area is 170 Å². The van der Waals surface area contributed by atoms with E-state index in [9.17, 15) is 8.78 Å². The summed E-state index contributed by atoms with van der Waals surface area (Å²) in [6, 6.07) is 4.28. The number of halogens is 2. The minimum absolute atomic E-state index is 0.0685. The van der Waals surface area contributed by atoms with E-state index in [2.05, 4.69) is 30.7 Å². The van der Waals surface area contributed by atoms with E-state index in [1.807, 2.05) is 0 Å². The van der Waals surface area contributed by atoms with Crippen LogP contribution in [0, 0.1) is 11.6 Å². The van der Waals surface area contributed by atoms with Crippen LogP contribution in [-0.2, 0) is 13.6 Å². The number of anilines is 4. The Kier molecular flexibility index (Phi) is 5.35. The molecule has 30 heavy (non-hydrogen) atoms. The third-order valence-corrected chi connectivity index (χ3v) is 4.22. The number of aliphatic hydroxyl groups excluding tert-OH is 1. The van der Waals surface area contributed by atoms with Gasteiger partial charge < -0.3 is 15.0 Å². The molecule has 0 radical (unpaired) electrons. The second-order valence-electron chi connectivity index (χ2n) is 6.44. The lowest BCUT2D eigenvalue weighted by molar-refractivity contribution is 0.277. The van der Waals surface area contributed by atoms with E-state index in [1.54, 1.807) is 47.2 Å². The van der Waals surface area contributed by atoms with Crippen molar-refractivity contribution < 1.29 is 13.9 Å². The molecule has 3 aromatic heterocycles. The third kappa shape index (κ3) is 4.25. The fourth-order valence-corrected chi connectivity index (χ4v) is 2.87. The van der Waals surface area contributed by atoms with Crippen LogP contribution in [0.1, 0.15) is 0 Å². The molecule has 0 saturated carbocycles. The highest BCUT2D eigenvalue weighted by Gasteiger charge is 2.12. The maximum Gasteiger partial charge on any atom is 0.231 e. The molecule has 9 nitrogen and oxygen atoms in total. The minimum atomic E-state index is -0.702. The second-order valence-corrected chi connectivity index (χ2v) is 6.44. The number of aliphatic hydroxyl groups is 1. The molecule has 0 unspecified atom stereocenters. The van der Waals surface area contributed by atoms with Crippen LogP contribution in [0.4, 0.5) is 32.2 Å². The smallest absolute Gasteiger partial charge is 0.231 e. The van der Waals surface area contributed by atoms with E-state index in [1.165, 1.54) is 12.1 Å². The Morgan fingerprint density at radius 3 is 2.70 bits per heavy atom. The average molecular weight is 412 g/mol. The van der Waals surface area contributed by atoms with Gasteiger partial charge in [-0.3, -0.25) is 10.00 Å². The molecule has 0 bridgehead atoms. The summed E-state index contributed by atoms with van der Waals surface area (Å²) in [5, 5.41) is 18.8. The molecule has 0 saturated heterocycles. The van der Waals surface area contributed by atoms with Gasteiger partial charge in [0.15, 0.2) is 11.6 Å². The molecule has 4 aromatic rings. The summed E-state index contributed by atoms with van der Waals surface area (Å²) in [4.78, 5) is 12.1. The number of aromatic nitrogens is 6. The Balaban J connectivity index is 1.60. The van der Waals surface area contributed by atoms with E-state index < -0.39 is 11.6 Å². The van der Waals surface area contributed by atoms with Gasteiger partial charge in [0.1, 0.15) is 5.82 Å². The van der Waals surface area contributed by atoms with Gasteiger partial charge >= 0.3 is 0 Å². The lowest BCUT2D eigenvalue weighted by Gasteiger charge is -2.11. The molecular weight excluding hydrogens is 394 g/mol. The predicted octanol–water partition coefficient (Wildman–Crippen LogP) is 2.83. The van der Waals surface area contributed by atoms with Gasteiger partial charge in [-0.05, 0) is 23.8 Å². The molecule has 0 spiro atoms. The Hall–Kier alpha value is -3.86. The van der Waals surface area contributed by atoms with Gasteiger partial charge in [0, 0.05) is 43.4 Å². The summed E-state index contributed by atoms with van der Waals surface area (Å²) in [7, 11) is 1.76. The Bertz CT molecular complexity index is 1170. The number of hydrogen-bond donors (Lipinski definition) is 3. The third-order valence-electron chi connectivity index (χ3n) is 4.22. The normalized spacial score (nSPS) is 10.9. The summed E-state index contributed by atoms with van der Waals surface area (Å²) >= 11 is 0. The van der Waals surface area contributed by atoms with Gasteiger partial charge in [0.25, 0.3) is 0 Å². The molecule has 3 heterocycles. The summed E-state index contributed by atoms with van der Waals surface area (Å²) in [5.74, 6) is -0.834. The van der Waals surface area contributed by atoms with Crippen molar-refractivity contribution in [2.24, 2.45) is 7.05 Å². The van der Waals surface area contributed by atoms with Crippen molar-refractivity contribution in [3.63, 3.8) is 0 Å². The molecule has 154 valence electrons. The van der Waals surface area contributed by atoms with Crippen molar-refractivity contribution in [2.75, 3.05) is 17.2 Å². The van der Waals surface area contributed by atoms with Crippen molar-refractivity contribution in [2.45, 2.75) is 6.54 Å². The number of rotatable bonds is 7. The highest BCUT2D eigenvalue weighted by atomic mass is 19.1. The van der Waals surface area contributed by atoms with Crippen molar-refractivity contribution in [3.8, 4) is 11.1 Å². The van der Waals surface area contributed by atoms with Gasteiger partial charge in [-0.25, -0.2) is 18.7 Å². The predicted molar refractivity (Wildman–Crippen MR) is 106 cm³/mol. The van der Waals surface area contributed by atoms with Crippen LogP contribution < -0.4 is 10.6 Å². The maximum atomic E-state index is 14.3. The number of benzene rings is 1. The number of hydrogen-bond acceptors (Lipinski definition) is 7. The molecule has 11 heteroatoms. The molecule has 0 fully saturated rings. The van der Waals surface area contributed by atoms with Crippen LogP contribution in [0.5, 0.6) is 0 Å². The lowest BCUT2D eigenvalue weighted by atomic mass is 10.1. The zero-order valence-electron chi connectivity index (χ0n) is 15.9. The number of nitrogens with zero attached hydrogens (tertiary/aromatic N) is 6. The summed E-state index contributed by atoms with van der Waals surface area (Å²) in [6.45, 7) is 0.260. The summed E-state index contributed by atoms with van der Waals surface area (Å²) < 4.78 is 31.7. The summed E-state index contributed by atoms with van der Waals surface area (Å²) in [5.41, 5.74) is 1.63. The van der Waals surface area contributed by atoms with Gasteiger partial charge in [-0.15, -0.1) is 0 Å². The van der Waals surface area contributed by atoms with Crippen LogP contribution in [-0.4, -0.2) is 41.0 Å². The van der Waals surface area contributed by atoms with E-state index >= 15 is 0 Å². The van der Waals surface area contributed by atoms with E-state index in [-0.39, 0.29) is 18.4 Å². The van der Waals surface area contributed by atoms with Crippen molar-refractivity contribution in [3.05, 3.63) is 60.8 Å². The van der Waals surface area contributed by atoms with Crippen LogP contribution in [0.15, 0.2) is 49.2 Å². The zero-order valence-corrected chi connectivity index (χ0v) is 15.9. The fourth-order valence-electron chi connectivity index (χ4n) is 2.87. The first-order chi connectivity index (χ1) is 14.5. The maximum absolute atomic E-state index is 14.3. The minimum Gasteiger partial charge on any atom is -0.395 e. The van der Waals surface area contributed by atoms with Crippen molar-refractivity contribution >= 4 is 23.4 Å². The van der Waals surface area contributed by atoms with Crippen LogP contribution in [0.3, 0.4) is 0 Å². The Morgan fingerprint density at radius 2 is 1.93 bits per heavy atom. The van der Waals surface area contributed by atoms with Gasteiger partial charge in [-0.1, -0.05) is 0 Å². The molecule has 0 atom stereocenters. The molecule has 3 N–H and O–H groups in total. The van der Waals surface area contributed by atoms with Gasteiger partial charge in [0.2, 0.25) is 11.9 Å². The molecular formula is C19H18F2N8O. The summed E-state index contributed by atoms with van der Waals surface area (Å²) in [6.07, 6.45) is 7.58. The largest absolute Gasteiger partial charge is 0.395 e. The zero-order chi connectivity index (χ0) is 21.1. The molecule has 0 aliphatic rings. The Morgan fingerprint density at radius 1 is 1.07 bits per heavy atom. The van der Waals surface area contributed by atoms with E-state index in [4.69, 9.17) is 5.11 Å². The SMILES string of the molecule is Cn1cc(-c2cc(F)cc(Nc3nc(Nc4nccn4CCO)ncc3F)c2)cn1. The van der Waals surface area contributed by atoms with E-state index in [0.717, 1.165) is 11.8 Å². The van der Waals surface area contributed by atoms with Gasteiger partial charge in [0.05, 0.1) is 19.0 Å². The number of aryl methyl sites for hydroxylation is 1. The van der Waals surface area contributed by atoms with E-state index in [0.29, 0.717) is 23.7 Å². The molecule has 0 aliphatic carbocycles. The molecule has 0 amide bonds. The standard InChI is InChI=1S/C19H18F2N8O/c1-28-11-13(9-24-28)12-6-14(20)8-15(7-12)25-17-16(21)10-23-18(26-17)27-19-22-2-3-29(19)4-5-30/h2-3,6-11,30H,4-5H2,1H3,(H2,22,23,25,26,27). The van der Waals surface area contributed by atoms with Crippen LogP contribution in [0.2, 0.25) is 0 Å². The average Bonchev–Trinajstić information content (AvgIpc) is 3.33. The first kappa shape index (κ1) is 19.5. The number of nitrogens with one attached hydrogen (secondary N) is 2. The first-order valence-electron chi connectivity index (χ1n) is 9.00. The van der Waals surface area contributed by atoms with Crippen molar-refractivity contribution in [1.82, 2.24) is 29.3 Å². The van der Waals surface area contributed by atoms with Crippen LogP contribution in [0.25, 0.3) is 11.1 Å². The molecule has 4 rings (SSSR count). The monoisotopic (exact) mass is 412 g/mol. The molecule has 0 aliphatic heterocycles. The van der Waals surface area contributed by atoms with Crippen LogP contribution >= 0.6 is 0 Å². The first-order valence-corrected chi connectivity index (χ1v) is 9.00. The topological polar surface area (TPSA) is 106 Å². The lowest BCUT2D eigenvalue weighted by Crippen LogP contribution is -2.09. The molecule has 1 aromatic carbocycles. The highest BCUT2D eigenvalue weighted by molar-refractivity contribution is 5.70. The highest BCUT2D eigenvalue weighted by Crippen LogP contribution is 2.27. The number of imidazole rings is 1. The quantitative estimate of drug-likeness (QED) is 0.429. The second kappa shape index (κ2) is 8.25. The van der Waals surface area contributed by atoms with Crippen molar-refractivity contribution in [1.29, 1.82) is 0 Å².